The number of hydrogen-bond acceptors (Lipinski definition) is 1. The zero-order valence-electron chi connectivity index (χ0n) is 6.86. The molecule has 59 valence electrons. The molecule has 0 amide bonds. The lowest BCUT2D eigenvalue weighted by atomic mass is 10.2. The predicted octanol–water partition coefficient (Wildman–Crippen LogP) is 1.89. The van der Waals surface area contributed by atoms with Gasteiger partial charge in [-0.3, -0.25) is 4.68 Å². The lowest BCUT2D eigenvalue weighted by molar-refractivity contribution is 0.776. The van der Waals surface area contributed by atoms with Crippen LogP contribution in [-0.2, 0) is 7.05 Å². The molecule has 2 heteroatoms. The molecule has 0 aliphatic carbocycles. The fourth-order valence-corrected chi connectivity index (χ4v) is 1.19. The summed E-state index contributed by atoms with van der Waals surface area (Å²) in [6.07, 6.45) is 1.68. The summed E-state index contributed by atoms with van der Waals surface area (Å²) >= 11 is 0. The number of hydrogen-bond donors (Lipinski definition) is 0. The van der Waals surface area contributed by atoms with Crippen LogP contribution in [0.4, 0.5) is 0 Å². The van der Waals surface area contributed by atoms with Crippen LogP contribution in [0.2, 0.25) is 0 Å². The van der Waals surface area contributed by atoms with Gasteiger partial charge in [-0.1, -0.05) is 30.3 Å². The maximum absolute atomic E-state index is 4.05. The van der Waals surface area contributed by atoms with Crippen molar-refractivity contribution in [1.82, 2.24) is 9.78 Å². The molecule has 1 aromatic heterocycles. The van der Waals surface area contributed by atoms with Gasteiger partial charge in [0.05, 0.1) is 11.9 Å². The Labute approximate surface area is 71.5 Å². The zero-order chi connectivity index (χ0) is 8.39. The Bertz CT molecular complexity index is 362. The summed E-state index contributed by atoms with van der Waals surface area (Å²) in [6.45, 7) is 0. The van der Waals surface area contributed by atoms with Gasteiger partial charge in [0.1, 0.15) is 0 Å². The van der Waals surface area contributed by atoms with E-state index in [1.54, 1.807) is 6.20 Å². The molecule has 0 saturated carbocycles. The van der Waals surface area contributed by atoms with Gasteiger partial charge in [0.25, 0.3) is 0 Å². The summed E-state index contributed by atoms with van der Waals surface area (Å²) < 4.78 is 1.81. The van der Waals surface area contributed by atoms with Crippen LogP contribution in [0.15, 0.2) is 36.5 Å². The monoisotopic (exact) mass is 157 g/mol. The Morgan fingerprint density at radius 2 is 2.00 bits per heavy atom. The average Bonchev–Trinajstić information content (AvgIpc) is 2.53. The van der Waals surface area contributed by atoms with E-state index in [1.165, 1.54) is 0 Å². The van der Waals surface area contributed by atoms with Crippen LogP contribution in [0.1, 0.15) is 0 Å². The number of rotatable bonds is 1. The fraction of sp³-hybridized carbons (Fsp3) is 0.100. The quantitative estimate of drug-likeness (QED) is 0.618. The van der Waals surface area contributed by atoms with Gasteiger partial charge < -0.3 is 0 Å². The fourth-order valence-electron chi connectivity index (χ4n) is 1.19. The number of aryl methyl sites for hydroxylation is 1. The summed E-state index contributed by atoms with van der Waals surface area (Å²) in [5.74, 6) is 0. The smallest absolute Gasteiger partial charge is 0.0758 e. The van der Waals surface area contributed by atoms with Crippen molar-refractivity contribution in [3.8, 4) is 11.3 Å². The van der Waals surface area contributed by atoms with Crippen LogP contribution in [0.3, 0.4) is 0 Å². The molecule has 0 saturated heterocycles. The second-order valence-electron chi connectivity index (χ2n) is 2.63. The van der Waals surface area contributed by atoms with E-state index in [1.807, 2.05) is 42.1 Å². The van der Waals surface area contributed by atoms with Gasteiger partial charge >= 0.3 is 0 Å². The Kier molecular flexibility index (Phi) is 1.67. The second-order valence-corrected chi connectivity index (χ2v) is 2.63. The zero-order valence-corrected chi connectivity index (χ0v) is 6.86. The highest BCUT2D eigenvalue weighted by Crippen LogP contribution is 2.15. The summed E-state index contributed by atoms with van der Waals surface area (Å²) in [4.78, 5) is 0. The van der Waals surface area contributed by atoms with E-state index in [0.717, 1.165) is 11.3 Å². The van der Waals surface area contributed by atoms with E-state index in [4.69, 9.17) is 0 Å². The first-order chi connectivity index (χ1) is 5.88. The number of benzene rings is 1. The predicted molar refractivity (Wildman–Crippen MR) is 47.5 cm³/mol. The van der Waals surface area contributed by atoms with Gasteiger partial charge in [-0.05, 0) is 0 Å². The van der Waals surface area contributed by atoms with Crippen LogP contribution in [0, 0.1) is 6.07 Å². The largest absolute Gasteiger partial charge is 0.267 e. The summed E-state index contributed by atoms with van der Waals surface area (Å²) in [6, 6.07) is 13.2. The van der Waals surface area contributed by atoms with Gasteiger partial charge in [0, 0.05) is 18.7 Å². The first-order valence-corrected chi connectivity index (χ1v) is 3.83. The van der Waals surface area contributed by atoms with Crippen LogP contribution >= 0.6 is 0 Å². The minimum absolute atomic E-state index is 1.02. The molecule has 0 spiro atoms. The van der Waals surface area contributed by atoms with Gasteiger partial charge in [0.2, 0.25) is 0 Å². The minimum atomic E-state index is 1.02. The lowest BCUT2D eigenvalue weighted by Crippen LogP contribution is -1.92. The summed E-state index contributed by atoms with van der Waals surface area (Å²) in [5.41, 5.74) is 2.17. The highest BCUT2D eigenvalue weighted by atomic mass is 15.2. The SMILES string of the molecule is Cn1nc[c]c1-c1ccccc1. The van der Waals surface area contributed by atoms with Gasteiger partial charge in [-0.2, -0.15) is 5.10 Å². The molecule has 0 aliphatic heterocycles. The van der Waals surface area contributed by atoms with Gasteiger partial charge in [-0.15, -0.1) is 0 Å². The molecule has 0 bridgehead atoms. The van der Waals surface area contributed by atoms with Crippen molar-refractivity contribution < 1.29 is 0 Å². The Balaban J connectivity index is 2.51. The molecule has 1 radical (unpaired) electrons. The van der Waals surface area contributed by atoms with Crippen LogP contribution in [0.25, 0.3) is 11.3 Å². The van der Waals surface area contributed by atoms with E-state index in [-0.39, 0.29) is 0 Å². The van der Waals surface area contributed by atoms with Crippen LogP contribution in [0.5, 0.6) is 0 Å². The van der Waals surface area contributed by atoms with Crippen molar-refractivity contribution in [3.63, 3.8) is 0 Å². The average molecular weight is 157 g/mol. The molecule has 1 aromatic carbocycles. The lowest BCUT2D eigenvalue weighted by Gasteiger charge is -1.99. The first-order valence-electron chi connectivity index (χ1n) is 3.83. The van der Waals surface area contributed by atoms with Crippen molar-refractivity contribution in [2.75, 3.05) is 0 Å². The summed E-state index contributed by atoms with van der Waals surface area (Å²) in [5, 5.41) is 4.05. The van der Waals surface area contributed by atoms with Crippen LogP contribution in [-0.4, -0.2) is 9.78 Å². The van der Waals surface area contributed by atoms with Gasteiger partial charge in [0.15, 0.2) is 0 Å². The molecule has 2 aromatic rings. The van der Waals surface area contributed by atoms with E-state index in [9.17, 15) is 0 Å². The topological polar surface area (TPSA) is 17.8 Å². The molecule has 2 nitrogen and oxygen atoms in total. The number of aromatic nitrogens is 2. The third-order valence-corrected chi connectivity index (χ3v) is 1.80. The molecule has 0 aliphatic rings. The van der Waals surface area contributed by atoms with Crippen molar-refractivity contribution in [3.05, 3.63) is 42.6 Å². The molecule has 0 atom stereocenters. The highest BCUT2D eigenvalue weighted by Gasteiger charge is 1.99. The molecule has 0 N–H and O–H groups in total. The third-order valence-electron chi connectivity index (χ3n) is 1.80. The first kappa shape index (κ1) is 7.10. The van der Waals surface area contributed by atoms with E-state index >= 15 is 0 Å². The molecule has 0 fully saturated rings. The van der Waals surface area contributed by atoms with Crippen molar-refractivity contribution >= 4 is 0 Å². The molecular formula is C10H9N2. The Hall–Kier alpha value is -1.57. The molecule has 2 rings (SSSR count). The van der Waals surface area contributed by atoms with Crippen molar-refractivity contribution in [1.29, 1.82) is 0 Å². The third kappa shape index (κ3) is 1.11. The normalized spacial score (nSPS) is 10.1. The van der Waals surface area contributed by atoms with E-state index in [2.05, 4.69) is 11.2 Å². The number of nitrogens with zero attached hydrogens (tertiary/aromatic N) is 2. The second kappa shape index (κ2) is 2.81. The maximum atomic E-state index is 4.05. The van der Waals surface area contributed by atoms with Crippen LogP contribution < -0.4 is 0 Å². The Morgan fingerprint density at radius 3 is 2.58 bits per heavy atom. The standard InChI is InChI=1S/C10H9N2/c1-12-10(7-8-11-12)9-5-3-2-4-6-9/h2-6,8H,1H3. The minimum Gasteiger partial charge on any atom is -0.267 e. The van der Waals surface area contributed by atoms with Crippen molar-refractivity contribution in [2.24, 2.45) is 7.05 Å². The molecule has 12 heavy (non-hydrogen) atoms. The molecule has 1 heterocycles. The Morgan fingerprint density at radius 1 is 1.25 bits per heavy atom. The van der Waals surface area contributed by atoms with Gasteiger partial charge in [-0.25, -0.2) is 0 Å². The van der Waals surface area contributed by atoms with Crippen molar-refractivity contribution in [2.45, 2.75) is 0 Å². The van der Waals surface area contributed by atoms with E-state index in [0.29, 0.717) is 0 Å². The molecule has 0 unspecified atom stereocenters. The van der Waals surface area contributed by atoms with E-state index < -0.39 is 0 Å². The maximum Gasteiger partial charge on any atom is 0.0758 e. The highest BCUT2D eigenvalue weighted by molar-refractivity contribution is 5.57. The summed E-state index contributed by atoms with van der Waals surface area (Å²) in [7, 11) is 1.92. The molecular weight excluding hydrogens is 148 g/mol.